The molecule has 0 aromatic heterocycles. The van der Waals surface area contributed by atoms with Crippen LogP contribution in [0.5, 0.6) is 0 Å². The van der Waals surface area contributed by atoms with Gasteiger partial charge in [-0.3, -0.25) is 0 Å². The summed E-state index contributed by atoms with van der Waals surface area (Å²) in [6, 6.07) is 0. The van der Waals surface area contributed by atoms with Crippen molar-refractivity contribution >= 4 is 95.7 Å². The summed E-state index contributed by atoms with van der Waals surface area (Å²) < 4.78 is 13.7. The molecular formula is C24H72N4P4Si8. The number of hydrogen-bond acceptors (Lipinski definition) is 4. The van der Waals surface area contributed by atoms with E-state index in [0.29, 0.717) is 0 Å². The Morgan fingerprint density at radius 3 is 0.325 bits per heavy atom. The molecule has 0 atom stereocenters. The van der Waals surface area contributed by atoms with Crippen LogP contribution in [0.3, 0.4) is 0 Å². The molecule has 0 bridgehead atoms. The Bertz CT molecular complexity index is 667. The van der Waals surface area contributed by atoms with Gasteiger partial charge in [0.15, 0.2) is 0 Å². The van der Waals surface area contributed by atoms with Gasteiger partial charge in [0, 0.05) is 29.8 Å². The third-order valence-corrected chi connectivity index (χ3v) is 88.1. The van der Waals surface area contributed by atoms with E-state index >= 15 is 0 Å². The van der Waals surface area contributed by atoms with Gasteiger partial charge in [-0.1, -0.05) is 157 Å². The van der Waals surface area contributed by atoms with E-state index in [-0.39, 0.29) is 29.8 Å². The lowest BCUT2D eigenvalue weighted by Gasteiger charge is -2.74. The molecule has 0 aromatic rings. The summed E-state index contributed by atoms with van der Waals surface area (Å²) >= 11 is 0. The van der Waals surface area contributed by atoms with E-state index in [2.05, 4.69) is 173 Å². The topological polar surface area (TPSA) is 13.0 Å². The Morgan fingerprint density at radius 1 is 0.200 bits per heavy atom. The summed E-state index contributed by atoms with van der Waals surface area (Å²) in [5, 5.41) is 0. The Kier molecular flexibility index (Phi) is 13.1. The highest BCUT2D eigenvalue weighted by atomic mass is 33.0. The van der Waals surface area contributed by atoms with Crippen molar-refractivity contribution in [3.63, 3.8) is 0 Å². The second kappa shape index (κ2) is 12.7. The van der Waals surface area contributed by atoms with Crippen molar-refractivity contribution < 1.29 is 0 Å². The minimum Gasteiger partial charge on any atom is -0.315 e. The van der Waals surface area contributed by atoms with Gasteiger partial charge in [0.1, 0.15) is 65.9 Å². The fourth-order valence-corrected chi connectivity index (χ4v) is 146. The Morgan fingerprint density at radius 2 is 0.275 bits per heavy atom. The molecule has 1 rings (SSSR count). The van der Waals surface area contributed by atoms with Crippen LogP contribution in [0.4, 0.5) is 0 Å². The quantitative estimate of drug-likeness (QED) is 0.145. The van der Waals surface area contributed by atoms with Crippen LogP contribution in [0.2, 0.25) is 157 Å². The summed E-state index contributed by atoms with van der Waals surface area (Å²) in [6.07, 6.45) is 0. The fourth-order valence-electron chi connectivity index (χ4n) is 7.07. The molecule has 1 heterocycles. The number of hydrogen-bond donors (Lipinski definition) is 0. The monoisotopic (exact) mass is 764 g/mol. The van der Waals surface area contributed by atoms with Gasteiger partial charge in [0.2, 0.25) is 0 Å². The van der Waals surface area contributed by atoms with Gasteiger partial charge in [-0.25, -0.2) is 0 Å². The first-order valence-corrected chi connectivity index (χ1v) is 51.0. The summed E-state index contributed by atoms with van der Waals surface area (Å²) in [6.45, 7) is 65.1. The SMILES string of the molecule is C[Si](C)(C)N(P1P(N([Si](C)(C)C)[Si](C)(C)C)P(N([Si](C)(C)C)[Si](C)(C)C)P1N([Si](C)(C)C)[Si](C)(C)C)[Si](C)(C)C. The molecule has 0 unspecified atom stereocenters. The van der Waals surface area contributed by atoms with E-state index in [4.69, 9.17) is 0 Å². The molecular weight excluding hydrogens is 693 g/mol. The van der Waals surface area contributed by atoms with Gasteiger partial charge in [-0.2, -0.15) is 0 Å². The van der Waals surface area contributed by atoms with E-state index in [1.54, 1.807) is 0 Å². The van der Waals surface area contributed by atoms with E-state index in [9.17, 15) is 0 Å². The molecule has 4 nitrogen and oxygen atoms in total. The third-order valence-electron chi connectivity index (χ3n) is 6.44. The van der Waals surface area contributed by atoms with Gasteiger partial charge < -0.3 is 16.0 Å². The third kappa shape index (κ3) is 9.66. The molecule has 0 aromatic carbocycles. The van der Waals surface area contributed by atoms with E-state index in [0.717, 1.165) is 0 Å². The molecule has 0 N–H and O–H groups in total. The molecule has 40 heavy (non-hydrogen) atoms. The Hall–Kier alpha value is 3.30. The van der Waals surface area contributed by atoms with Crippen LogP contribution >= 0.6 is 29.8 Å². The average molecular weight is 765 g/mol. The maximum Gasteiger partial charge on any atom is 0.116 e. The van der Waals surface area contributed by atoms with Crippen molar-refractivity contribution in [2.45, 2.75) is 157 Å². The van der Waals surface area contributed by atoms with Crippen molar-refractivity contribution in [3.05, 3.63) is 0 Å². The Balaban J connectivity index is 4.46. The van der Waals surface area contributed by atoms with Gasteiger partial charge in [0.25, 0.3) is 0 Å². The molecule has 1 aliphatic rings. The van der Waals surface area contributed by atoms with Gasteiger partial charge >= 0.3 is 0 Å². The molecule has 0 spiro atoms. The highest BCUT2D eigenvalue weighted by Crippen LogP contribution is 3.23. The summed E-state index contributed by atoms with van der Waals surface area (Å²) in [7, 11) is -13.0. The summed E-state index contributed by atoms with van der Waals surface area (Å²) in [5.41, 5.74) is 0. The van der Waals surface area contributed by atoms with Crippen molar-refractivity contribution in [1.29, 1.82) is 0 Å². The van der Waals surface area contributed by atoms with Crippen molar-refractivity contribution in [3.8, 4) is 0 Å². The van der Waals surface area contributed by atoms with E-state index < -0.39 is 65.9 Å². The fraction of sp³-hybridized carbons (Fsp3) is 1.00. The van der Waals surface area contributed by atoms with Crippen LogP contribution in [0.25, 0.3) is 0 Å². The maximum atomic E-state index is 3.43. The van der Waals surface area contributed by atoms with Crippen LogP contribution in [0.1, 0.15) is 0 Å². The highest BCUT2D eigenvalue weighted by Gasteiger charge is 2.69. The van der Waals surface area contributed by atoms with Gasteiger partial charge in [-0.15, -0.1) is 0 Å². The first-order chi connectivity index (χ1) is 17.0. The lowest BCUT2D eigenvalue weighted by atomic mass is 11.8. The molecule has 1 saturated heterocycles. The largest absolute Gasteiger partial charge is 0.315 e. The molecule has 0 radical (unpaired) electrons. The van der Waals surface area contributed by atoms with Gasteiger partial charge in [0.05, 0.1) is 0 Å². The normalized spacial score (nSPS) is 24.9. The predicted octanol–water partition coefficient (Wildman–Crippen LogP) is 13.1. The first kappa shape index (κ1) is 41.3. The molecule has 16 heteroatoms. The van der Waals surface area contributed by atoms with Crippen LogP contribution in [0.15, 0.2) is 0 Å². The molecule has 0 aliphatic carbocycles. The zero-order valence-corrected chi connectivity index (χ0v) is 43.2. The van der Waals surface area contributed by atoms with Crippen LogP contribution in [0, 0.1) is 0 Å². The zero-order chi connectivity index (χ0) is 32.6. The second-order valence-corrected chi connectivity index (χ2v) is 79.4. The van der Waals surface area contributed by atoms with Gasteiger partial charge in [-0.05, 0) is 0 Å². The van der Waals surface area contributed by atoms with E-state index in [1.165, 1.54) is 0 Å². The minimum atomic E-state index is -1.54. The molecule has 0 amide bonds. The lowest BCUT2D eigenvalue weighted by molar-refractivity contribution is 0.943. The summed E-state index contributed by atoms with van der Waals surface area (Å²) in [4.78, 5) is 0. The Labute approximate surface area is 267 Å². The second-order valence-electron chi connectivity index (χ2n) is 19.7. The van der Waals surface area contributed by atoms with Crippen molar-refractivity contribution in [2.75, 3.05) is 0 Å². The molecule has 1 aliphatic heterocycles. The minimum absolute atomic E-state index is 0.157. The smallest absolute Gasteiger partial charge is 0.116 e. The summed E-state index contributed by atoms with van der Waals surface area (Å²) in [5.74, 6) is 0. The number of rotatable bonds is 12. The standard InChI is InChI=1S/C24H72N4P4Si8/c1-33(2,3)25(34(4,5)6)29-30(26(35(7,8)9)36(10,11)12)32(28(39(19,20)21)40(22,23)24)31(29)27(37(13,14)15)38(16,17)18/h1-24H3. The first-order valence-electron chi connectivity index (χ1n) is 15.4. The molecule has 0 saturated carbocycles. The average Bonchev–Trinajstić information content (AvgIpc) is 2.52. The highest BCUT2D eigenvalue weighted by molar-refractivity contribution is 9.08. The van der Waals surface area contributed by atoms with Crippen molar-refractivity contribution in [1.82, 2.24) is 16.0 Å². The van der Waals surface area contributed by atoms with Crippen LogP contribution < -0.4 is 0 Å². The molecule has 1 fully saturated rings. The van der Waals surface area contributed by atoms with Crippen molar-refractivity contribution in [2.24, 2.45) is 0 Å². The molecule has 240 valence electrons. The number of nitrogens with zero attached hydrogens (tertiary/aromatic N) is 4. The van der Waals surface area contributed by atoms with Crippen LogP contribution in [-0.4, -0.2) is 81.9 Å². The zero-order valence-electron chi connectivity index (χ0n) is 31.6. The lowest BCUT2D eigenvalue weighted by Crippen LogP contribution is -2.64. The predicted molar refractivity (Wildman–Crippen MR) is 222 cm³/mol. The maximum absolute atomic E-state index is 3.43. The van der Waals surface area contributed by atoms with Crippen LogP contribution in [-0.2, 0) is 0 Å². The van der Waals surface area contributed by atoms with E-state index in [1.807, 2.05) is 0 Å².